The highest BCUT2D eigenvalue weighted by molar-refractivity contribution is 6.32. The summed E-state index contributed by atoms with van der Waals surface area (Å²) in [5, 5.41) is 5.79. The zero-order valence-electron chi connectivity index (χ0n) is 13.8. The second-order valence-corrected chi connectivity index (χ2v) is 5.30. The number of hydrogen-bond acceptors (Lipinski definition) is 4. The van der Waals surface area contributed by atoms with Crippen molar-refractivity contribution in [3.8, 4) is 11.5 Å². The number of ether oxygens (including phenoxy) is 2. The molecule has 0 saturated heterocycles. The first-order valence-corrected chi connectivity index (χ1v) is 7.53. The molecule has 0 aliphatic carbocycles. The van der Waals surface area contributed by atoms with E-state index in [9.17, 15) is 4.79 Å². The molecule has 0 unspecified atom stereocenters. The third-order valence-electron chi connectivity index (χ3n) is 3.80. The van der Waals surface area contributed by atoms with E-state index in [-0.39, 0.29) is 5.91 Å². The number of methoxy groups -OCH3 is 2. The molecule has 2 aromatic rings. The molecule has 0 spiro atoms. The van der Waals surface area contributed by atoms with Gasteiger partial charge in [0.25, 0.3) is 5.91 Å². The summed E-state index contributed by atoms with van der Waals surface area (Å²) in [7, 11) is 3.19. The second kappa shape index (κ2) is 6.58. The minimum Gasteiger partial charge on any atom is -0.497 e. The third-order valence-corrected chi connectivity index (χ3v) is 3.80. The van der Waals surface area contributed by atoms with Gasteiger partial charge >= 0.3 is 0 Å². The zero-order chi connectivity index (χ0) is 17.1. The standard InChI is InChI=1S/C19H18N2O3/c1-13-17(11-14-9-10-16(23-2)12-18(14)24-3)19(22)21(20-13)15-7-5-4-6-8-15/h4-12H,1-3H3/b17-11+. The Balaban J connectivity index is 1.97. The van der Waals surface area contributed by atoms with Gasteiger partial charge < -0.3 is 9.47 Å². The van der Waals surface area contributed by atoms with Crippen LogP contribution < -0.4 is 14.5 Å². The van der Waals surface area contributed by atoms with Crippen LogP contribution in [0.2, 0.25) is 0 Å². The van der Waals surface area contributed by atoms with Gasteiger partial charge in [0, 0.05) is 11.6 Å². The SMILES string of the molecule is COc1ccc(/C=C2/C(=O)N(c3ccccc3)N=C2C)c(OC)c1. The Kier molecular flexibility index (Phi) is 4.33. The van der Waals surface area contributed by atoms with Crippen molar-refractivity contribution in [1.82, 2.24) is 0 Å². The monoisotopic (exact) mass is 322 g/mol. The fraction of sp³-hybridized carbons (Fsp3) is 0.158. The Bertz CT molecular complexity index is 826. The van der Waals surface area contributed by atoms with Crippen molar-refractivity contribution in [1.29, 1.82) is 0 Å². The van der Waals surface area contributed by atoms with E-state index in [4.69, 9.17) is 9.47 Å². The number of hydrazone groups is 1. The number of carbonyl (C=O) groups is 1. The molecule has 1 aliphatic rings. The van der Waals surface area contributed by atoms with Crippen LogP contribution in [-0.2, 0) is 4.79 Å². The lowest BCUT2D eigenvalue weighted by molar-refractivity contribution is -0.114. The quantitative estimate of drug-likeness (QED) is 0.809. The van der Waals surface area contributed by atoms with Crippen LogP contribution in [-0.4, -0.2) is 25.8 Å². The fourth-order valence-electron chi connectivity index (χ4n) is 2.52. The Morgan fingerprint density at radius 2 is 1.79 bits per heavy atom. The molecule has 1 heterocycles. The largest absolute Gasteiger partial charge is 0.497 e. The van der Waals surface area contributed by atoms with Crippen molar-refractivity contribution < 1.29 is 14.3 Å². The first-order chi connectivity index (χ1) is 11.6. The lowest BCUT2D eigenvalue weighted by Crippen LogP contribution is -2.21. The molecule has 0 aromatic heterocycles. The maximum absolute atomic E-state index is 12.7. The van der Waals surface area contributed by atoms with Crippen LogP contribution in [0.25, 0.3) is 6.08 Å². The number of nitrogens with zero attached hydrogens (tertiary/aromatic N) is 2. The molecular weight excluding hydrogens is 304 g/mol. The van der Waals surface area contributed by atoms with E-state index < -0.39 is 0 Å². The van der Waals surface area contributed by atoms with Gasteiger partial charge in [0.15, 0.2) is 0 Å². The Morgan fingerprint density at radius 1 is 1.04 bits per heavy atom. The molecule has 1 aliphatic heterocycles. The molecule has 0 fully saturated rings. The highest BCUT2D eigenvalue weighted by atomic mass is 16.5. The van der Waals surface area contributed by atoms with Gasteiger partial charge in [-0.2, -0.15) is 10.1 Å². The van der Waals surface area contributed by atoms with E-state index in [1.807, 2.05) is 49.4 Å². The summed E-state index contributed by atoms with van der Waals surface area (Å²) in [5.41, 5.74) is 2.75. The molecule has 2 aromatic carbocycles. The summed E-state index contributed by atoms with van der Waals surface area (Å²) in [6.07, 6.45) is 1.79. The van der Waals surface area contributed by atoms with Crippen LogP contribution in [0.3, 0.4) is 0 Å². The Labute approximate surface area is 140 Å². The number of rotatable bonds is 4. The van der Waals surface area contributed by atoms with Crippen molar-refractivity contribution in [3.05, 3.63) is 59.7 Å². The van der Waals surface area contributed by atoms with Gasteiger partial charge in [0.05, 0.1) is 31.2 Å². The maximum atomic E-state index is 12.7. The van der Waals surface area contributed by atoms with Gasteiger partial charge in [-0.1, -0.05) is 18.2 Å². The van der Waals surface area contributed by atoms with Gasteiger partial charge in [0.1, 0.15) is 11.5 Å². The first kappa shape index (κ1) is 15.8. The Hall–Kier alpha value is -3.08. The number of benzene rings is 2. The van der Waals surface area contributed by atoms with Crippen LogP contribution in [0.15, 0.2) is 59.2 Å². The molecule has 24 heavy (non-hydrogen) atoms. The lowest BCUT2D eigenvalue weighted by Gasteiger charge is -2.11. The minimum atomic E-state index is -0.156. The molecule has 0 atom stereocenters. The molecule has 1 amide bonds. The molecule has 0 radical (unpaired) electrons. The van der Waals surface area contributed by atoms with Crippen molar-refractivity contribution >= 4 is 23.4 Å². The van der Waals surface area contributed by atoms with E-state index in [0.717, 1.165) is 11.3 Å². The maximum Gasteiger partial charge on any atom is 0.280 e. The van der Waals surface area contributed by atoms with E-state index in [1.165, 1.54) is 5.01 Å². The zero-order valence-corrected chi connectivity index (χ0v) is 13.8. The number of anilines is 1. The van der Waals surface area contributed by atoms with Crippen molar-refractivity contribution in [2.75, 3.05) is 19.2 Å². The van der Waals surface area contributed by atoms with Crippen LogP contribution in [0, 0.1) is 0 Å². The van der Waals surface area contributed by atoms with Crippen molar-refractivity contribution in [2.45, 2.75) is 6.92 Å². The highest BCUT2D eigenvalue weighted by Gasteiger charge is 2.28. The van der Waals surface area contributed by atoms with Gasteiger partial charge in [0.2, 0.25) is 0 Å². The van der Waals surface area contributed by atoms with Gasteiger partial charge in [-0.15, -0.1) is 0 Å². The number of carbonyl (C=O) groups excluding carboxylic acids is 1. The lowest BCUT2D eigenvalue weighted by atomic mass is 10.1. The molecule has 5 heteroatoms. The first-order valence-electron chi connectivity index (χ1n) is 7.53. The third kappa shape index (κ3) is 2.88. The van der Waals surface area contributed by atoms with E-state index in [2.05, 4.69) is 5.10 Å². The summed E-state index contributed by atoms with van der Waals surface area (Å²) < 4.78 is 10.6. The van der Waals surface area contributed by atoms with Crippen LogP contribution in [0.1, 0.15) is 12.5 Å². The van der Waals surface area contributed by atoms with Crippen LogP contribution >= 0.6 is 0 Å². The van der Waals surface area contributed by atoms with Gasteiger partial charge in [-0.25, -0.2) is 0 Å². The average Bonchev–Trinajstić information content (AvgIpc) is 2.91. The molecule has 3 rings (SSSR count). The predicted molar refractivity (Wildman–Crippen MR) is 94.6 cm³/mol. The molecule has 0 N–H and O–H groups in total. The summed E-state index contributed by atoms with van der Waals surface area (Å²) in [4.78, 5) is 12.7. The van der Waals surface area contributed by atoms with E-state index in [0.29, 0.717) is 22.8 Å². The molecule has 0 saturated carbocycles. The minimum absolute atomic E-state index is 0.156. The summed E-state index contributed by atoms with van der Waals surface area (Å²) in [6, 6.07) is 14.8. The van der Waals surface area contributed by atoms with Crippen LogP contribution in [0.4, 0.5) is 5.69 Å². The molecule has 5 nitrogen and oxygen atoms in total. The molecule has 0 bridgehead atoms. The number of amides is 1. The average molecular weight is 322 g/mol. The second-order valence-electron chi connectivity index (χ2n) is 5.30. The fourth-order valence-corrected chi connectivity index (χ4v) is 2.52. The highest BCUT2D eigenvalue weighted by Crippen LogP contribution is 2.29. The summed E-state index contributed by atoms with van der Waals surface area (Å²) >= 11 is 0. The van der Waals surface area contributed by atoms with Gasteiger partial charge in [-0.3, -0.25) is 4.79 Å². The van der Waals surface area contributed by atoms with Crippen LogP contribution in [0.5, 0.6) is 11.5 Å². The number of hydrogen-bond donors (Lipinski definition) is 0. The Morgan fingerprint density at radius 3 is 2.46 bits per heavy atom. The molecule has 122 valence electrons. The predicted octanol–water partition coefficient (Wildman–Crippen LogP) is 3.51. The summed E-state index contributed by atoms with van der Waals surface area (Å²) in [5.74, 6) is 1.18. The smallest absolute Gasteiger partial charge is 0.280 e. The van der Waals surface area contributed by atoms with Crippen molar-refractivity contribution in [2.24, 2.45) is 5.10 Å². The topological polar surface area (TPSA) is 51.1 Å². The summed E-state index contributed by atoms with van der Waals surface area (Å²) in [6.45, 7) is 1.82. The van der Waals surface area contributed by atoms with Crippen molar-refractivity contribution in [3.63, 3.8) is 0 Å². The molecular formula is C19H18N2O3. The normalized spacial score (nSPS) is 15.6. The number of para-hydroxylation sites is 1. The van der Waals surface area contributed by atoms with E-state index in [1.54, 1.807) is 26.4 Å². The van der Waals surface area contributed by atoms with Gasteiger partial charge in [-0.05, 0) is 37.3 Å². The van der Waals surface area contributed by atoms with E-state index >= 15 is 0 Å².